The number of alkyl halides is 1. The van der Waals surface area contributed by atoms with Crippen LogP contribution in [-0.4, -0.2) is 25.0 Å². The summed E-state index contributed by atoms with van der Waals surface area (Å²) in [4.78, 5) is 11.3. The van der Waals surface area contributed by atoms with Gasteiger partial charge in [-0.1, -0.05) is 6.07 Å². The number of halogens is 1. The van der Waals surface area contributed by atoms with E-state index in [2.05, 4.69) is 5.32 Å². The summed E-state index contributed by atoms with van der Waals surface area (Å²) < 4.78 is 10.9. The molecule has 17 heavy (non-hydrogen) atoms. The van der Waals surface area contributed by atoms with Crippen LogP contribution in [0.1, 0.15) is 13.8 Å². The molecule has 0 aliphatic carbocycles. The second-order valence-electron chi connectivity index (χ2n) is 3.18. The fourth-order valence-corrected chi connectivity index (χ4v) is 1.43. The Morgan fingerprint density at radius 3 is 2.18 bits per heavy atom. The van der Waals surface area contributed by atoms with Crippen LogP contribution in [0.5, 0.6) is 11.5 Å². The Kier molecular flexibility index (Phi) is 5.63. The van der Waals surface area contributed by atoms with Gasteiger partial charge in [0.2, 0.25) is 5.91 Å². The molecule has 1 aromatic carbocycles. The molecule has 0 aliphatic heterocycles. The van der Waals surface area contributed by atoms with Crippen molar-refractivity contribution in [2.75, 3.05) is 24.4 Å². The highest BCUT2D eigenvalue weighted by Gasteiger charge is 2.12. The third kappa shape index (κ3) is 3.82. The summed E-state index contributed by atoms with van der Waals surface area (Å²) in [6.45, 7) is 4.78. The summed E-state index contributed by atoms with van der Waals surface area (Å²) in [6.07, 6.45) is 0. The van der Waals surface area contributed by atoms with Crippen molar-refractivity contribution in [2.45, 2.75) is 13.8 Å². The summed E-state index contributed by atoms with van der Waals surface area (Å²) in [7, 11) is 0. The average Bonchev–Trinajstić information content (AvgIpc) is 2.33. The van der Waals surface area contributed by atoms with Gasteiger partial charge < -0.3 is 14.8 Å². The summed E-state index contributed by atoms with van der Waals surface area (Å²) >= 11 is 5.47. The van der Waals surface area contributed by atoms with Crippen LogP contribution in [0.15, 0.2) is 18.2 Å². The van der Waals surface area contributed by atoms with E-state index >= 15 is 0 Å². The number of rotatable bonds is 6. The number of amides is 1. The van der Waals surface area contributed by atoms with Crippen molar-refractivity contribution in [3.63, 3.8) is 0 Å². The van der Waals surface area contributed by atoms with Gasteiger partial charge in [-0.3, -0.25) is 4.79 Å². The maximum absolute atomic E-state index is 11.3. The lowest BCUT2D eigenvalue weighted by atomic mass is 10.2. The molecule has 0 heterocycles. The molecule has 5 heteroatoms. The van der Waals surface area contributed by atoms with Crippen molar-refractivity contribution in [2.24, 2.45) is 0 Å². The molecule has 0 radical (unpaired) electrons. The van der Waals surface area contributed by atoms with Crippen LogP contribution in [-0.2, 0) is 4.79 Å². The van der Waals surface area contributed by atoms with E-state index in [0.717, 1.165) is 0 Å². The Labute approximate surface area is 106 Å². The van der Waals surface area contributed by atoms with Gasteiger partial charge in [0.05, 0.1) is 13.2 Å². The Balaban J connectivity index is 3.03. The van der Waals surface area contributed by atoms with Gasteiger partial charge in [0.1, 0.15) is 23.1 Å². The first-order chi connectivity index (χ1) is 8.22. The molecule has 4 nitrogen and oxygen atoms in total. The minimum absolute atomic E-state index is 0.105. The fraction of sp³-hybridized carbons (Fsp3) is 0.417. The Bertz CT molecular complexity index is 358. The molecule has 1 amide bonds. The normalized spacial score (nSPS) is 9.82. The monoisotopic (exact) mass is 257 g/mol. The quantitative estimate of drug-likeness (QED) is 0.797. The third-order valence-electron chi connectivity index (χ3n) is 1.97. The molecule has 0 saturated carbocycles. The standard InChI is InChI=1S/C12H16ClNO3/c1-3-16-9-6-5-7-10(17-4-2)12(9)14-11(15)8-13/h5-7H,3-4,8H2,1-2H3,(H,14,15). The molecular weight excluding hydrogens is 242 g/mol. The Morgan fingerprint density at radius 2 is 1.76 bits per heavy atom. The van der Waals surface area contributed by atoms with Crippen LogP contribution in [0.2, 0.25) is 0 Å². The number of hydrogen-bond donors (Lipinski definition) is 1. The first kappa shape index (κ1) is 13.6. The number of hydrogen-bond acceptors (Lipinski definition) is 3. The first-order valence-corrected chi connectivity index (χ1v) is 6.00. The number of carbonyl (C=O) groups is 1. The number of nitrogens with one attached hydrogen (secondary N) is 1. The number of para-hydroxylation sites is 1. The maximum Gasteiger partial charge on any atom is 0.239 e. The van der Waals surface area contributed by atoms with Crippen LogP contribution in [0, 0.1) is 0 Å². The van der Waals surface area contributed by atoms with E-state index in [1.165, 1.54) is 0 Å². The van der Waals surface area contributed by atoms with Crippen molar-refractivity contribution >= 4 is 23.2 Å². The SMILES string of the molecule is CCOc1cccc(OCC)c1NC(=O)CCl. The molecule has 0 saturated heterocycles. The van der Waals surface area contributed by atoms with Crippen molar-refractivity contribution in [1.82, 2.24) is 0 Å². The highest BCUT2D eigenvalue weighted by atomic mass is 35.5. The van der Waals surface area contributed by atoms with Crippen molar-refractivity contribution < 1.29 is 14.3 Å². The zero-order valence-corrected chi connectivity index (χ0v) is 10.7. The lowest BCUT2D eigenvalue weighted by molar-refractivity contribution is -0.113. The first-order valence-electron chi connectivity index (χ1n) is 5.47. The molecule has 0 atom stereocenters. The van der Waals surface area contributed by atoms with E-state index in [9.17, 15) is 4.79 Å². The Morgan fingerprint density at radius 1 is 1.24 bits per heavy atom. The third-order valence-corrected chi connectivity index (χ3v) is 2.22. The van der Waals surface area contributed by atoms with Crippen molar-refractivity contribution in [1.29, 1.82) is 0 Å². The molecule has 1 rings (SSSR count). The fourth-order valence-electron chi connectivity index (χ4n) is 1.36. The van der Waals surface area contributed by atoms with Crippen LogP contribution in [0.3, 0.4) is 0 Å². The summed E-state index contributed by atoms with van der Waals surface area (Å²) in [5.74, 6) is 0.764. The van der Waals surface area contributed by atoms with E-state index in [1.54, 1.807) is 12.1 Å². The summed E-state index contributed by atoms with van der Waals surface area (Å²) in [6, 6.07) is 5.36. The van der Waals surface area contributed by atoms with Crippen LogP contribution in [0.4, 0.5) is 5.69 Å². The molecule has 0 aliphatic rings. The molecule has 0 bridgehead atoms. The minimum Gasteiger partial charge on any atom is -0.492 e. The Hall–Kier alpha value is -1.42. The molecule has 1 N–H and O–H groups in total. The van der Waals surface area contributed by atoms with E-state index in [-0.39, 0.29) is 11.8 Å². The predicted octanol–water partition coefficient (Wildman–Crippen LogP) is 2.66. The highest BCUT2D eigenvalue weighted by Crippen LogP contribution is 2.34. The number of anilines is 1. The zero-order chi connectivity index (χ0) is 12.7. The lowest BCUT2D eigenvalue weighted by Crippen LogP contribution is -2.14. The second-order valence-corrected chi connectivity index (χ2v) is 3.44. The van der Waals surface area contributed by atoms with Crippen LogP contribution < -0.4 is 14.8 Å². The number of carbonyl (C=O) groups excluding carboxylic acids is 1. The topological polar surface area (TPSA) is 47.6 Å². The second kappa shape index (κ2) is 7.01. The van der Waals surface area contributed by atoms with Gasteiger partial charge in [0, 0.05) is 0 Å². The van der Waals surface area contributed by atoms with Crippen molar-refractivity contribution in [3.8, 4) is 11.5 Å². The summed E-state index contributed by atoms with van der Waals surface area (Å²) in [5, 5.41) is 2.68. The van der Waals surface area contributed by atoms with Crippen molar-refractivity contribution in [3.05, 3.63) is 18.2 Å². The van der Waals surface area contributed by atoms with E-state index in [0.29, 0.717) is 30.4 Å². The van der Waals surface area contributed by atoms with Gasteiger partial charge in [0.15, 0.2) is 0 Å². The molecule has 0 unspecified atom stereocenters. The molecule has 1 aromatic rings. The average molecular weight is 258 g/mol. The van der Waals surface area contributed by atoms with Crippen LogP contribution >= 0.6 is 11.6 Å². The van der Waals surface area contributed by atoms with Gasteiger partial charge in [-0.25, -0.2) is 0 Å². The van der Waals surface area contributed by atoms with Gasteiger partial charge in [-0.05, 0) is 26.0 Å². The van der Waals surface area contributed by atoms with E-state index in [1.807, 2.05) is 19.9 Å². The smallest absolute Gasteiger partial charge is 0.239 e. The molecule has 0 aromatic heterocycles. The van der Waals surface area contributed by atoms with Crippen LogP contribution in [0.25, 0.3) is 0 Å². The molecule has 0 spiro atoms. The van der Waals surface area contributed by atoms with Gasteiger partial charge in [0.25, 0.3) is 0 Å². The number of benzene rings is 1. The lowest BCUT2D eigenvalue weighted by Gasteiger charge is -2.15. The molecular formula is C12H16ClNO3. The molecule has 94 valence electrons. The predicted molar refractivity (Wildman–Crippen MR) is 68.1 cm³/mol. The minimum atomic E-state index is -0.292. The van der Waals surface area contributed by atoms with Gasteiger partial charge in [-0.15, -0.1) is 11.6 Å². The maximum atomic E-state index is 11.3. The molecule has 0 fully saturated rings. The van der Waals surface area contributed by atoms with Gasteiger partial charge >= 0.3 is 0 Å². The van der Waals surface area contributed by atoms with E-state index < -0.39 is 0 Å². The van der Waals surface area contributed by atoms with Gasteiger partial charge in [-0.2, -0.15) is 0 Å². The largest absolute Gasteiger partial charge is 0.492 e. The van der Waals surface area contributed by atoms with E-state index in [4.69, 9.17) is 21.1 Å². The zero-order valence-electron chi connectivity index (χ0n) is 9.96. The summed E-state index contributed by atoms with van der Waals surface area (Å²) in [5.41, 5.74) is 0.529. The highest BCUT2D eigenvalue weighted by molar-refractivity contribution is 6.29. The number of ether oxygens (including phenoxy) is 2.